The van der Waals surface area contributed by atoms with Crippen molar-refractivity contribution in [2.45, 2.75) is 0 Å². The van der Waals surface area contributed by atoms with Crippen LogP contribution in [0.5, 0.6) is 0 Å². The van der Waals surface area contributed by atoms with Crippen molar-refractivity contribution in [3.8, 4) is 6.07 Å². The van der Waals surface area contributed by atoms with Crippen molar-refractivity contribution >= 4 is 40.5 Å². The zero-order valence-corrected chi connectivity index (χ0v) is 9.93. The lowest BCUT2D eigenvalue weighted by Crippen LogP contribution is -2.21. The number of nitrogens with zero attached hydrogens (tertiary/aromatic N) is 2. The average Bonchev–Trinajstić information content (AvgIpc) is 2.68. The van der Waals surface area contributed by atoms with Crippen molar-refractivity contribution < 1.29 is 0 Å². The van der Waals surface area contributed by atoms with E-state index in [-0.39, 0.29) is 11.5 Å². The number of anilines is 1. The summed E-state index contributed by atoms with van der Waals surface area (Å²) in [6, 6.07) is 7.08. The van der Waals surface area contributed by atoms with Gasteiger partial charge in [-0.05, 0) is 30.4 Å². The maximum absolute atomic E-state index is 8.68. The van der Waals surface area contributed by atoms with Crippen LogP contribution in [0.4, 0.5) is 5.69 Å². The minimum atomic E-state index is -0.382. The molecule has 0 aliphatic rings. The molecule has 0 radical (unpaired) electrons. The molecule has 0 saturated carbocycles. The van der Waals surface area contributed by atoms with E-state index in [2.05, 4.69) is 20.5 Å². The molecule has 0 unspecified atom stereocenters. The summed E-state index contributed by atoms with van der Waals surface area (Å²) < 4.78 is 0.534. The van der Waals surface area contributed by atoms with E-state index >= 15 is 0 Å². The van der Waals surface area contributed by atoms with Gasteiger partial charge in [-0.1, -0.05) is 0 Å². The first-order chi connectivity index (χ1) is 8.60. The van der Waals surface area contributed by atoms with Crippen LogP contribution >= 0.6 is 12.2 Å². The van der Waals surface area contributed by atoms with Crippen LogP contribution < -0.4 is 11.2 Å². The Morgan fingerprint density at radius 2 is 2.17 bits per heavy atom. The minimum Gasteiger partial charge on any atom is -0.382 e. The molecule has 1 heterocycles. The van der Waals surface area contributed by atoms with Crippen LogP contribution in [0, 0.1) is 21.5 Å². The fourth-order valence-electron chi connectivity index (χ4n) is 1.37. The topological polar surface area (TPSA) is 130 Å². The highest BCUT2D eigenvalue weighted by Crippen LogP contribution is 2.16. The van der Waals surface area contributed by atoms with Crippen LogP contribution in [-0.2, 0) is 0 Å². The number of aromatic nitrogens is 2. The second-order valence-corrected chi connectivity index (χ2v) is 3.85. The molecule has 1 aromatic heterocycles. The molecule has 8 heteroatoms. The fourth-order valence-corrected chi connectivity index (χ4v) is 1.59. The number of hydrogen-bond acceptors (Lipinski definition) is 5. The monoisotopic (exact) mass is 259 g/mol. The van der Waals surface area contributed by atoms with Crippen molar-refractivity contribution in [1.82, 2.24) is 9.97 Å². The predicted octanol–water partition coefficient (Wildman–Crippen LogP) is 1.45. The second kappa shape index (κ2) is 4.68. The van der Waals surface area contributed by atoms with Gasteiger partial charge in [0.15, 0.2) is 10.6 Å². The molecule has 0 fully saturated rings. The van der Waals surface area contributed by atoms with Crippen LogP contribution in [-0.4, -0.2) is 21.5 Å². The molecule has 6 N–H and O–H groups in total. The summed E-state index contributed by atoms with van der Waals surface area (Å²) in [7, 11) is 0. The fraction of sp³-hybridized carbons (Fsp3) is 0. The standard InChI is InChI=1S/C10H9N7S/c11-4-8(9(12)13)17-16-5-1-2-6-7(3-5)15-10(18)14-6/h1-3,16H,(H3,12,13)(H2,14,15,18)/b17-8+. The van der Waals surface area contributed by atoms with Gasteiger partial charge in [-0.25, -0.2) is 0 Å². The summed E-state index contributed by atoms with van der Waals surface area (Å²) in [6.07, 6.45) is 0. The Morgan fingerprint density at radius 1 is 1.44 bits per heavy atom. The number of fused-ring (bicyclic) bond motifs is 1. The summed E-state index contributed by atoms with van der Waals surface area (Å²) in [4.78, 5) is 5.93. The smallest absolute Gasteiger partial charge is 0.201 e. The zero-order valence-electron chi connectivity index (χ0n) is 9.11. The van der Waals surface area contributed by atoms with E-state index in [0.717, 1.165) is 11.0 Å². The maximum atomic E-state index is 8.68. The van der Waals surface area contributed by atoms with E-state index in [0.29, 0.717) is 10.5 Å². The molecule has 0 atom stereocenters. The number of hydrazone groups is 1. The summed E-state index contributed by atoms with van der Waals surface area (Å²) in [5.74, 6) is -0.382. The number of amidine groups is 1. The van der Waals surface area contributed by atoms with E-state index < -0.39 is 0 Å². The van der Waals surface area contributed by atoms with Crippen molar-refractivity contribution in [1.29, 1.82) is 10.7 Å². The SMILES string of the molecule is N#C/C(=N\Nc1ccc2[nH]c(=S)[nH]c2c1)C(=N)N. The summed E-state index contributed by atoms with van der Waals surface area (Å²) in [5.41, 5.74) is 10.0. The molecule has 0 amide bonds. The molecule has 2 rings (SSSR count). The second-order valence-electron chi connectivity index (χ2n) is 3.44. The molecule has 0 spiro atoms. The molecular formula is C10H9N7S. The quantitative estimate of drug-likeness (QED) is 0.247. The average molecular weight is 259 g/mol. The molecule has 2 aromatic rings. The van der Waals surface area contributed by atoms with Crippen LogP contribution in [0.15, 0.2) is 23.3 Å². The summed E-state index contributed by atoms with van der Waals surface area (Å²) in [6.45, 7) is 0. The number of imidazole rings is 1. The van der Waals surface area contributed by atoms with Crippen molar-refractivity contribution in [3.63, 3.8) is 0 Å². The highest BCUT2D eigenvalue weighted by atomic mass is 32.1. The van der Waals surface area contributed by atoms with E-state index in [4.69, 9.17) is 28.6 Å². The number of nitrogens with two attached hydrogens (primary N) is 1. The molecule has 0 bridgehead atoms. The van der Waals surface area contributed by atoms with Crippen molar-refractivity contribution in [3.05, 3.63) is 23.0 Å². The van der Waals surface area contributed by atoms with Crippen LogP contribution in [0.1, 0.15) is 0 Å². The molecule has 18 heavy (non-hydrogen) atoms. The van der Waals surface area contributed by atoms with Crippen LogP contribution in [0.3, 0.4) is 0 Å². The molecule has 1 aromatic carbocycles. The first-order valence-electron chi connectivity index (χ1n) is 4.90. The molecule has 0 aliphatic carbocycles. The van der Waals surface area contributed by atoms with Crippen LogP contribution in [0.2, 0.25) is 0 Å². The minimum absolute atomic E-state index is 0.169. The van der Waals surface area contributed by atoms with E-state index in [1.54, 1.807) is 18.2 Å². The number of nitrogens with one attached hydrogen (secondary N) is 4. The van der Waals surface area contributed by atoms with Gasteiger partial charge in [-0.2, -0.15) is 10.4 Å². The lowest BCUT2D eigenvalue weighted by molar-refractivity contribution is 1.30. The predicted molar refractivity (Wildman–Crippen MR) is 72.1 cm³/mol. The molecule has 90 valence electrons. The lowest BCUT2D eigenvalue weighted by atomic mass is 10.3. The number of aromatic amines is 2. The van der Waals surface area contributed by atoms with Crippen LogP contribution in [0.25, 0.3) is 11.0 Å². The van der Waals surface area contributed by atoms with Gasteiger partial charge in [0.05, 0.1) is 16.7 Å². The Hall–Kier alpha value is -2.66. The van der Waals surface area contributed by atoms with Crippen molar-refractivity contribution in [2.24, 2.45) is 10.8 Å². The third-order valence-corrected chi connectivity index (χ3v) is 2.38. The van der Waals surface area contributed by atoms with Gasteiger partial charge in [-0.15, -0.1) is 0 Å². The Kier molecular flexibility index (Phi) is 3.07. The normalized spacial score (nSPS) is 11.2. The van der Waals surface area contributed by atoms with Gasteiger partial charge in [0.1, 0.15) is 6.07 Å². The van der Waals surface area contributed by atoms with Gasteiger partial charge in [-0.3, -0.25) is 10.8 Å². The Labute approximate surface area is 107 Å². The first-order valence-corrected chi connectivity index (χ1v) is 5.31. The van der Waals surface area contributed by atoms with Crippen molar-refractivity contribution in [2.75, 3.05) is 5.43 Å². The number of rotatable bonds is 3. The van der Waals surface area contributed by atoms with E-state index in [1.165, 1.54) is 0 Å². The van der Waals surface area contributed by atoms with E-state index in [1.807, 2.05) is 6.07 Å². The van der Waals surface area contributed by atoms with Gasteiger partial charge < -0.3 is 15.7 Å². The third kappa shape index (κ3) is 2.36. The largest absolute Gasteiger partial charge is 0.382 e. The zero-order chi connectivity index (χ0) is 13.1. The number of hydrogen-bond donors (Lipinski definition) is 5. The maximum Gasteiger partial charge on any atom is 0.201 e. The Morgan fingerprint density at radius 3 is 2.83 bits per heavy atom. The number of benzene rings is 1. The van der Waals surface area contributed by atoms with Gasteiger partial charge >= 0.3 is 0 Å². The molecular weight excluding hydrogens is 250 g/mol. The van der Waals surface area contributed by atoms with Gasteiger partial charge in [0, 0.05) is 0 Å². The lowest BCUT2D eigenvalue weighted by Gasteiger charge is -2.00. The molecule has 7 nitrogen and oxygen atoms in total. The summed E-state index contributed by atoms with van der Waals surface area (Å²) in [5, 5.41) is 19.5. The Bertz CT molecular complexity index is 730. The van der Waals surface area contributed by atoms with Gasteiger partial charge in [0.25, 0.3) is 0 Å². The highest BCUT2D eigenvalue weighted by molar-refractivity contribution is 7.71. The summed E-state index contributed by atoms with van der Waals surface area (Å²) >= 11 is 4.97. The third-order valence-electron chi connectivity index (χ3n) is 2.17. The number of nitriles is 1. The first kappa shape index (κ1) is 11.8. The highest BCUT2D eigenvalue weighted by Gasteiger charge is 2.02. The Balaban J connectivity index is 2.30. The molecule has 0 saturated heterocycles. The van der Waals surface area contributed by atoms with E-state index in [9.17, 15) is 0 Å². The van der Waals surface area contributed by atoms with Gasteiger partial charge in [0.2, 0.25) is 5.71 Å². The number of H-pyrrole nitrogens is 2. The molecule has 0 aliphatic heterocycles.